The Morgan fingerprint density at radius 1 is 1.12 bits per heavy atom. The molecule has 1 fully saturated rings. The molecule has 0 spiro atoms. The lowest BCUT2D eigenvalue weighted by Crippen LogP contribution is -2.42. The van der Waals surface area contributed by atoms with E-state index in [0.29, 0.717) is 12.2 Å². The van der Waals surface area contributed by atoms with E-state index in [1.165, 1.54) is 49.4 Å². The minimum absolute atomic E-state index is 0.0126. The summed E-state index contributed by atoms with van der Waals surface area (Å²) in [6.45, 7) is 5.74. The first-order chi connectivity index (χ1) is 15.1. The first-order valence-corrected chi connectivity index (χ1v) is 12.0. The molecule has 0 radical (unpaired) electrons. The topological polar surface area (TPSA) is 104 Å². The molecule has 1 saturated heterocycles. The summed E-state index contributed by atoms with van der Waals surface area (Å²) in [5, 5.41) is 7.42. The second-order valence-electron chi connectivity index (χ2n) is 8.38. The molecule has 172 valence electrons. The van der Waals surface area contributed by atoms with Crippen LogP contribution in [0, 0.1) is 11.7 Å². The molecule has 0 saturated carbocycles. The molecule has 2 amide bonds. The largest absolute Gasteiger partial charge is 0.354 e. The van der Waals surface area contributed by atoms with Crippen LogP contribution in [0.15, 0.2) is 53.4 Å². The maximum atomic E-state index is 14.6. The van der Waals surface area contributed by atoms with Crippen molar-refractivity contribution in [1.82, 2.24) is 10.6 Å². The third kappa shape index (κ3) is 5.34. The normalized spacial score (nSPS) is 20.8. The van der Waals surface area contributed by atoms with E-state index in [0.717, 1.165) is 0 Å². The van der Waals surface area contributed by atoms with Crippen molar-refractivity contribution in [2.75, 3.05) is 11.9 Å². The molecular formula is C23H28FN3O4S. The number of nitrogens with one attached hydrogen (secondary N) is 3. The van der Waals surface area contributed by atoms with Gasteiger partial charge < -0.3 is 10.6 Å². The van der Waals surface area contributed by atoms with Gasteiger partial charge in [-0.25, -0.2) is 12.8 Å². The number of carbonyl (C=O) groups excluding carboxylic acids is 2. The summed E-state index contributed by atoms with van der Waals surface area (Å²) in [6.07, 6.45) is 0.0126. The van der Waals surface area contributed by atoms with E-state index >= 15 is 0 Å². The zero-order valence-corrected chi connectivity index (χ0v) is 19.1. The minimum atomic E-state index is -3.92. The fourth-order valence-corrected chi connectivity index (χ4v) is 5.69. The molecule has 1 heterocycles. The standard InChI is InChI=1S/C23H28FN3O4S/c1-14(2)13-25-23(29)20-12-21(22(27-20)18-6-4-5-7-19(18)24)32(30,31)17-10-8-16(9-11-17)26-15(3)28/h4-11,14,20-22,27H,12-13H2,1-3H3,(H,25,29)(H,26,28). The van der Waals surface area contributed by atoms with Crippen LogP contribution in [0.3, 0.4) is 0 Å². The number of amides is 2. The molecule has 32 heavy (non-hydrogen) atoms. The van der Waals surface area contributed by atoms with Gasteiger partial charge in [0.1, 0.15) is 5.82 Å². The van der Waals surface area contributed by atoms with Crippen molar-refractivity contribution in [1.29, 1.82) is 0 Å². The molecule has 0 bridgehead atoms. The van der Waals surface area contributed by atoms with Crippen LogP contribution in [0.1, 0.15) is 38.8 Å². The van der Waals surface area contributed by atoms with Gasteiger partial charge in [-0.15, -0.1) is 0 Å². The summed E-state index contributed by atoms with van der Waals surface area (Å²) >= 11 is 0. The fraction of sp³-hybridized carbons (Fsp3) is 0.391. The molecule has 2 aromatic rings. The Labute approximate surface area is 187 Å². The van der Waals surface area contributed by atoms with Crippen molar-refractivity contribution < 1.29 is 22.4 Å². The molecule has 7 nitrogen and oxygen atoms in total. The van der Waals surface area contributed by atoms with Crippen molar-refractivity contribution >= 4 is 27.3 Å². The quantitative estimate of drug-likeness (QED) is 0.588. The lowest BCUT2D eigenvalue weighted by Gasteiger charge is -2.21. The number of carbonyl (C=O) groups is 2. The second kappa shape index (κ2) is 9.79. The van der Waals surface area contributed by atoms with Gasteiger partial charge in [0.25, 0.3) is 0 Å². The van der Waals surface area contributed by atoms with Gasteiger partial charge in [0.05, 0.1) is 22.2 Å². The van der Waals surface area contributed by atoms with E-state index in [9.17, 15) is 22.4 Å². The summed E-state index contributed by atoms with van der Waals surface area (Å²) in [4.78, 5) is 23.9. The fourth-order valence-electron chi connectivity index (χ4n) is 3.80. The maximum Gasteiger partial charge on any atom is 0.237 e. The highest BCUT2D eigenvalue weighted by atomic mass is 32.2. The predicted octanol–water partition coefficient (Wildman–Crippen LogP) is 2.80. The van der Waals surface area contributed by atoms with E-state index in [4.69, 9.17) is 0 Å². The van der Waals surface area contributed by atoms with Gasteiger partial charge in [0.15, 0.2) is 9.84 Å². The van der Waals surface area contributed by atoms with Gasteiger partial charge >= 0.3 is 0 Å². The Balaban J connectivity index is 1.93. The summed E-state index contributed by atoms with van der Waals surface area (Å²) in [5.41, 5.74) is 0.674. The van der Waals surface area contributed by atoms with E-state index in [1.807, 2.05) is 13.8 Å². The van der Waals surface area contributed by atoms with Gasteiger partial charge in [0, 0.05) is 24.7 Å². The van der Waals surface area contributed by atoms with E-state index in [2.05, 4.69) is 16.0 Å². The zero-order chi connectivity index (χ0) is 23.5. The van der Waals surface area contributed by atoms with Crippen LogP contribution in [0.4, 0.5) is 10.1 Å². The number of rotatable bonds is 7. The number of benzene rings is 2. The Morgan fingerprint density at radius 3 is 2.38 bits per heavy atom. The number of hydrogen-bond acceptors (Lipinski definition) is 5. The van der Waals surface area contributed by atoms with Crippen LogP contribution < -0.4 is 16.0 Å². The number of halogens is 1. The first-order valence-electron chi connectivity index (χ1n) is 10.5. The molecule has 9 heteroatoms. The summed E-state index contributed by atoms with van der Waals surface area (Å²) in [7, 11) is -3.92. The number of hydrogen-bond donors (Lipinski definition) is 3. The van der Waals surface area contributed by atoms with Crippen LogP contribution in [-0.2, 0) is 19.4 Å². The van der Waals surface area contributed by atoms with Crippen LogP contribution >= 0.6 is 0 Å². The summed E-state index contributed by atoms with van der Waals surface area (Å²) in [5.74, 6) is -0.868. The van der Waals surface area contributed by atoms with Gasteiger partial charge in [-0.2, -0.15) is 0 Å². The van der Waals surface area contributed by atoms with Gasteiger partial charge in [-0.3, -0.25) is 14.9 Å². The van der Waals surface area contributed by atoms with Crippen LogP contribution in [0.2, 0.25) is 0 Å². The Morgan fingerprint density at radius 2 is 1.78 bits per heavy atom. The molecule has 0 aromatic heterocycles. The van der Waals surface area contributed by atoms with E-state index in [-0.39, 0.29) is 34.6 Å². The smallest absolute Gasteiger partial charge is 0.237 e. The van der Waals surface area contributed by atoms with Crippen molar-refractivity contribution in [3.8, 4) is 0 Å². The van der Waals surface area contributed by atoms with Crippen molar-refractivity contribution in [2.45, 2.75) is 49.4 Å². The number of sulfone groups is 1. The van der Waals surface area contributed by atoms with Crippen LogP contribution in [0.25, 0.3) is 0 Å². The Bertz CT molecular complexity index is 1090. The van der Waals surface area contributed by atoms with Gasteiger partial charge in [-0.1, -0.05) is 32.0 Å². The molecule has 1 aliphatic rings. The monoisotopic (exact) mass is 461 g/mol. The highest BCUT2D eigenvalue weighted by Crippen LogP contribution is 2.36. The molecule has 1 aliphatic heterocycles. The van der Waals surface area contributed by atoms with Gasteiger partial charge in [-0.05, 0) is 42.7 Å². The second-order valence-corrected chi connectivity index (χ2v) is 10.5. The molecule has 3 rings (SSSR count). The summed E-state index contributed by atoms with van der Waals surface area (Å²) < 4.78 is 41.6. The van der Waals surface area contributed by atoms with E-state index in [1.54, 1.807) is 6.07 Å². The molecular weight excluding hydrogens is 433 g/mol. The summed E-state index contributed by atoms with van der Waals surface area (Å²) in [6, 6.07) is 10.1. The molecule has 2 aromatic carbocycles. The minimum Gasteiger partial charge on any atom is -0.354 e. The van der Waals surface area contributed by atoms with Crippen molar-refractivity contribution in [2.24, 2.45) is 5.92 Å². The maximum absolute atomic E-state index is 14.6. The number of anilines is 1. The molecule has 3 unspecified atom stereocenters. The SMILES string of the molecule is CC(=O)Nc1ccc(S(=O)(=O)C2CC(C(=O)NCC(C)C)NC2c2ccccc2F)cc1. The average molecular weight is 462 g/mol. The third-order valence-corrected chi connectivity index (χ3v) is 7.55. The first kappa shape index (κ1) is 23.9. The Hall–Kier alpha value is -2.78. The molecule has 3 atom stereocenters. The van der Waals surface area contributed by atoms with Crippen LogP contribution in [0.5, 0.6) is 0 Å². The lowest BCUT2D eigenvalue weighted by atomic mass is 10.0. The molecule has 3 N–H and O–H groups in total. The lowest BCUT2D eigenvalue weighted by molar-refractivity contribution is -0.123. The molecule has 0 aliphatic carbocycles. The predicted molar refractivity (Wildman–Crippen MR) is 120 cm³/mol. The van der Waals surface area contributed by atoms with Crippen LogP contribution in [-0.4, -0.2) is 38.1 Å². The average Bonchev–Trinajstić information content (AvgIpc) is 3.18. The zero-order valence-electron chi connectivity index (χ0n) is 18.3. The Kier molecular flexibility index (Phi) is 7.30. The van der Waals surface area contributed by atoms with E-state index < -0.39 is 33.0 Å². The van der Waals surface area contributed by atoms with Crippen molar-refractivity contribution in [3.05, 3.63) is 59.9 Å². The van der Waals surface area contributed by atoms with Crippen molar-refractivity contribution in [3.63, 3.8) is 0 Å². The third-order valence-electron chi connectivity index (χ3n) is 5.36. The highest BCUT2D eigenvalue weighted by Gasteiger charge is 2.46. The highest BCUT2D eigenvalue weighted by molar-refractivity contribution is 7.92. The van der Waals surface area contributed by atoms with Gasteiger partial charge in [0.2, 0.25) is 11.8 Å².